The predicted molar refractivity (Wildman–Crippen MR) is 68.8 cm³/mol. The molecule has 0 saturated heterocycles. The summed E-state index contributed by atoms with van der Waals surface area (Å²) in [5.41, 5.74) is 1.19. The number of imidazole rings is 1. The van der Waals surface area contributed by atoms with Crippen LogP contribution in [0.2, 0.25) is 0 Å². The zero-order chi connectivity index (χ0) is 13.0. The summed E-state index contributed by atoms with van der Waals surface area (Å²) in [7, 11) is 1.90. The van der Waals surface area contributed by atoms with Crippen LogP contribution >= 0.6 is 0 Å². The predicted octanol–water partition coefficient (Wildman–Crippen LogP) is 1.77. The molecule has 0 aliphatic heterocycles. The van der Waals surface area contributed by atoms with Gasteiger partial charge in [-0.15, -0.1) is 0 Å². The van der Waals surface area contributed by atoms with Crippen molar-refractivity contribution >= 4 is 11.9 Å². The number of carboxylic acids is 1. The maximum Gasteiger partial charge on any atom is 0.335 e. The molecular weight excluding hydrogens is 230 g/mol. The second-order valence-electron chi connectivity index (χ2n) is 4.00. The van der Waals surface area contributed by atoms with Crippen molar-refractivity contribution in [1.82, 2.24) is 9.55 Å². The van der Waals surface area contributed by atoms with Crippen molar-refractivity contribution in [2.24, 2.45) is 7.05 Å². The summed E-state index contributed by atoms with van der Waals surface area (Å²) in [5.74, 6) is -0.106. The van der Waals surface area contributed by atoms with Gasteiger partial charge in [-0.2, -0.15) is 0 Å². The molecule has 2 aromatic rings. The first-order chi connectivity index (χ1) is 8.68. The highest BCUT2D eigenvalue weighted by molar-refractivity contribution is 5.89. The molecule has 5 heteroatoms. The minimum atomic E-state index is -0.886. The van der Waals surface area contributed by atoms with Crippen LogP contribution in [0.25, 0.3) is 0 Å². The van der Waals surface area contributed by atoms with Crippen LogP contribution in [0.3, 0.4) is 0 Å². The molecule has 1 aromatic carbocycles. The van der Waals surface area contributed by atoms with E-state index in [1.807, 2.05) is 29.9 Å². The van der Waals surface area contributed by atoms with Crippen LogP contribution in [0.1, 0.15) is 15.9 Å². The number of aromatic carboxylic acids is 1. The molecule has 18 heavy (non-hydrogen) atoms. The molecular formula is C13H15N3O2. The zero-order valence-electron chi connectivity index (χ0n) is 10.1. The fourth-order valence-electron chi connectivity index (χ4n) is 1.79. The molecule has 5 nitrogen and oxygen atoms in total. The van der Waals surface area contributed by atoms with E-state index in [0.717, 1.165) is 11.5 Å². The number of nitrogens with zero attached hydrogens (tertiary/aromatic N) is 2. The largest absolute Gasteiger partial charge is 0.478 e. The van der Waals surface area contributed by atoms with Crippen molar-refractivity contribution in [1.29, 1.82) is 0 Å². The van der Waals surface area contributed by atoms with Gasteiger partial charge in [0.1, 0.15) is 0 Å². The monoisotopic (exact) mass is 245 g/mol. The van der Waals surface area contributed by atoms with Crippen molar-refractivity contribution in [3.05, 3.63) is 47.8 Å². The van der Waals surface area contributed by atoms with E-state index in [9.17, 15) is 4.79 Å². The van der Waals surface area contributed by atoms with E-state index < -0.39 is 5.97 Å². The van der Waals surface area contributed by atoms with Crippen molar-refractivity contribution in [3.8, 4) is 0 Å². The Bertz CT molecular complexity index is 549. The lowest BCUT2D eigenvalue weighted by Crippen LogP contribution is -2.11. The summed E-state index contributed by atoms with van der Waals surface area (Å²) in [6, 6.07) is 7.05. The average molecular weight is 245 g/mol. The van der Waals surface area contributed by atoms with E-state index in [1.165, 1.54) is 0 Å². The molecule has 0 amide bonds. The molecule has 0 aliphatic rings. The van der Waals surface area contributed by atoms with E-state index in [2.05, 4.69) is 10.3 Å². The van der Waals surface area contributed by atoms with Gasteiger partial charge in [0.25, 0.3) is 0 Å². The van der Waals surface area contributed by atoms with E-state index in [4.69, 9.17) is 5.11 Å². The molecule has 0 radical (unpaired) electrons. The third kappa shape index (κ3) is 2.68. The number of benzene rings is 1. The van der Waals surface area contributed by atoms with Gasteiger partial charge in [0.2, 0.25) is 5.95 Å². The number of carboxylic acid groups (broad SMARTS) is 1. The molecule has 2 rings (SSSR count). The van der Waals surface area contributed by atoms with Gasteiger partial charge in [-0.25, -0.2) is 9.78 Å². The number of carbonyl (C=O) groups is 1. The Morgan fingerprint density at radius 3 is 2.89 bits per heavy atom. The third-order valence-electron chi connectivity index (χ3n) is 2.75. The standard InChI is InChI=1S/C13H15N3O2/c1-16-9-8-15-13(16)14-7-6-10-4-2-3-5-11(10)12(17)18/h2-5,8-9H,6-7H2,1H3,(H,14,15)(H,17,18). The van der Waals surface area contributed by atoms with Gasteiger partial charge in [0, 0.05) is 26.0 Å². The first-order valence-corrected chi connectivity index (χ1v) is 5.71. The van der Waals surface area contributed by atoms with E-state index in [-0.39, 0.29) is 0 Å². The number of rotatable bonds is 5. The summed E-state index contributed by atoms with van der Waals surface area (Å²) < 4.78 is 1.88. The molecule has 0 fully saturated rings. The summed E-state index contributed by atoms with van der Waals surface area (Å²) in [6.45, 7) is 0.648. The molecule has 1 aromatic heterocycles. The van der Waals surface area contributed by atoms with E-state index in [1.54, 1.807) is 18.3 Å². The van der Waals surface area contributed by atoms with Gasteiger partial charge in [0.05, 0.1) is 5.56 Å². The summed E-state index contributed by atoms with van der Waals surface area (Å²) >= 11 is 0. The van der Waals surface area contributed by atoms with Crippen LogP contribution in [0.15, 0.2) is 36.7 Å². The number of aromatic nitrogens is 2. The minimum Gasteiger partial charge on any atom is -0.478 e. The van der Waals surface area contributed by atoms with Gasteiger partial charge in [0.15, 0.2) is 0 Å². The van der Waals surface area contributed by atoms with Crippen molar-refractivity contribution in [3.63, 3.8) is 0 Å². The maximum atomic E-state index is 11.0. The van der Waals surface area contributed by atoms with Crippen molar-refractivity contribution < 1.29 is 9.90 Å². The lowest BCUT2D eigenvalue weighted by molar-refractivity contribution is 0.0695. The second-order valence-corrected chi connectivity index (χ2v) is 4.00. The normalized spacial score (nSPS) is 10.3. The van der Waals surface area contributed by atoms with Crippen LogP contribution in [0.5, 0.6) is 0 Å². The maximum absolute atomic E-state index is 11.0. The number of nitrogens with one attached hydrogen (secondary N) is 1. The van der Waals surface area contributed by atoms with Gasteiger partial charge in [-0.3, -0.25) is 0 Å². The molecule has 2 N–H and O–H groups in total. The highest BCUT2D eigenvalue weighted by Gasteiger charge is 2.08. The quantitative estimate of drug-likeness (QED) is 0.842. The molecule has 0 bridgehead atoms. The molecule has 0 spiro atoms. The van der Waals surface area contributed by atoms with Crippen LogP contribution in [-0.2, 0) is 13.5 Å². The minimum absolute atomic E-state index is 0.360. The van der Waals surface area contributed by atoms with Crippen LogP contribution in [0, 0.1) is 0 Å². The second kappa shape index (κ2) is 5.35. The third-order valence-corrected chi connectivity index (χ3v) is 2.75. The Hall–Kier alpha value is -2.30. The highest BCUT2D eigenvalue weighted by atomic mass is 16.4. The topological polar surface area (TPSA) is 67.2 Å². The Kier molecular flexibility index (Phi) is 3.62. The summed E-state index contributed by atoms with van der Waals surface area (Å²) in [4.78, 5) is 15.2. The van der Waals surface area contributed by atoms with Crippen molar-refractivity contribution in [2.45, 2.75) is 6.42 Å². The van der Waals surface area contributed by atoms with Crippen molar-refractivity contribution in [2.75, 3.05) is 11.9 Å². The molecule has 0 aliphatic carbocycles. The molecule has 1 heterocycles. The lowest BCUT2D eigenvalue weighted by Gasteiger charge is -2.08. The first kappa shape index (κ1) is 12.2. The number of hydrogen-bond donors (Lipinski definition) is 2. The Labute approximate surface area is 105 Å². The van der Waals surface area contributed by atoms with Gasteiger partial charge in [-0.05, 0) is 18.1 Å². The zero-order valence-corrected chi connectivity index (χ0v) is 10.1. The fourth-order valence-corrected chi connectivity index (χ4v) is 1.79. The van der Waals surface area contributed by atoms with Gasteiger partial charge >= 0.3 is 5.97 Å². The molecule has 0 atom stereocenters. The number of aryl methyl sites for hydroxylation is 1. The van der Waals surface area contributed by atoms with E-state index in [0.29, 0.717) is 18.5 Å². The number of hydrogen-bond acceptors (Lipinski definition) is 3. The summed E-state index contributed by atoms with van der Waals surface area (Å²) in [5, 5.41) is 12.2. The Morgan fingerprint density at radius 2 is 2.22 bits per heavy atom. The first-order valence-electron chi connectivity index (χ1n) is 5.71. The van der Waals surface area contributed by atoms with Crippen LogP contribution in [-0.4, -0.2) is 27.2 Å². The SMILES string of the molecule is Cn1ccnc1NCCc1ccccc1C(=O)O. The van der Waals surface area contributed by atoms with Crippen LogP contribution < -0.4 is 5.32 Å². The van der Waals surface area contributed by atoms with Crippen LogP contribution in [0.4, 0.5) is 5.95 Å². The summed E-state index contributed by atoms with van der Waals surface area (Å²) in [6.07, 6.45) is 4.22. The fraction of sp³-hybridized carbons (Fsp3) is 0.231. The smallest absolute Gasteiger partial charge is 0.335 e. The average Bonchev–Trinajstić information content (AvgIpc) is 2.76. The lowest BCUT2D eigenvalue weighted by atomic mass is 10.0. The van der Waals surface area contributed by atoms with Gasteiger partial charge < -0.3 is 15.0 Å². The number of anilines is 1. The Morgan fingerprint density at radius 1 is 1.44 bits per heavy atom. The molecule has 0 saturated carbocycles. The Balaban J connectivity index is 1.99. The molecule has 0 unspecified atom stereocenters. The van der Waals surface area contributed by atoms with E-state index >= 15 is 0 Å². The van der Waals surface area contributed by atoms with Gasteiger partial charge in [-0.1, -0.05) is 18.2 Å². The molecule has 94 valence electrons. The highest BCUT2D eigenvalue weighted by Crippen LogP contribution is 2.10.